The monoisotopic (exact) mass is 250 g/mol. The number of ether oxygens (including phenoxy) is 2. The largest absolute Gasteiger partial charge is 0.497 e. The smallest absolute Gasteiger partial charge is 0.128 e. The normalized spacial score (nSPS) is 17.4. The minimum atomic E-state index is -0.722. The van der Waals surface area contributed by atoms with Crippen LogP contribution in [0, 0.1) is 0 Å². The van der Waals surface area contributed by atoms with Gasteiger partial charge < -0.3 is 14.6 Å². The van der Waals surface area contributed by atoms with Crippen LogP contribution in [0.4, 0.5) is 0 Å². The number of aliphatic hydroxyl groups is 1. The summed E-state index contributed by atoms with van der Waals surface area (Å²) in [5, 5.41) is 10.4. The van der Waals surface area contributed by atoms with Crippen molar-refractivity contribution >= 4 is 0 Å². The molecule has 1 aliphatic carbocycles. The average Bonchev–Trinajstić information content (AvgIpc) is 3.05. The molecular weight excluding hydrogens is 228 g/mol. The lowest BCUT2D eigenvalue weighted by molar-refractivity contribution is 0.146. The van der Waals surface area contributed by atoms with Gasteiger partial charge in [0.05, 0.1) is 19.8 Å². The Labute approximate surface area is 109 Å². The average molecular weight is 250 g/mol. The molecule has 1 fully saturated rings. The lowest BCUT2D eigenvalue weighted by atomic mass is 9.84. The molecule has 2 rings (SSSR count). The molecule has 1 aromatic rings. The van der Waals surface area contributed by atoms with E-state index < -0.39 is 5.60 Å². The molecule has 0 radical (unpaired) electrons. The highest BCUT2D eigenvalue weighted by Crippen LogP contribution is 2.52. The van der Waals surface area contributed by atoms with Crippen molar-refractivity contribution in [2.45, 2.75) is 44.6 Å². The second-order valence-corrected chi connectivity index (χ2v) is 6.04. The first kappa shape index (κ1) is 13.2. The van der Waals surface area contributed by atoms with Crippen LogP contribution in [0.1, 0.15) is 44.7 Å². The van der Waals surface area contributed by atoms with Crippen molar-refractivity contribution in [1.82, 2.24) is 0 Å². The van der Waals surface area contributed by atoms with Crippen molar-refractivity contribution in [3.8, 4) is 11.5 Å². The summed E-state index contributed by atoms with van der Waals surface area (Å²) in [6.45, 7) is 6.39. The summed E-state index contributed by atoms with van der Waals surface area (Å²) in [7, 11) is 3.31. The quantitative estimate of drug-likeness (QED) is 0.896. The molecule has 18 heavy (non-hydrogen) atoms. The summed E-state index contributed by atoms with van der Waals surface area (Å²) in [5.41, 5.74) is 1.15. The number of methoxy groups -OCH3 is 2. The molecule has 1 aliphatic rings. The van der Waals surface area contributed by atoms with E-state index in [0.717, 1.165) is 35.5 Å². The Bertz CT molecular complexity index is 427. The van der Waals surface area contributed by atoms with Crippen LogP contribution in [0.5, 0.6) is 11.5 Å². The van der Waals surface area contributed by atoms with Crippen molar-refractivity contribution in [2.75, 3.05) is 14.2 Å². The van der Waals surface area contributed by atoms with Gasteiger partial charge in [-0.3, -0.25) is 0 Å². The van der Waals surface area contributed by atoms with Gasteiger partial charge in [0.2, 0.25) is 0 Å². The van der Waals surface area contributed by atoms with Crippen molar-refractivity contribution in [2.24, 2.45) is 0 Å². The van der Waals surface area contributed by atoms with E-state index in [1.54, 1.807) is 14.2 Å². The Balaban J connectivity index is 2.65. The summed E-state index contributed by atoms with van der Waals surface area (Å²) in [6, 6.07) is 3.88. The van der Waals surface area contributed by atoms with E-state index in [9.17, 15) is 5.11 Å². The molecule has 3 heteroatoms. The first-order valence-corrected chi connectivity index (χ1v) is 6.31. The van der Waals surface area contributed by atoms with Gasteiger partial charge in [-0.05, 0) is 30.4 Å². The highest BCUT2D eigenvalue weighted by molar-refractivity contribution is 5.53. The molecule has 0 amide bonds. The molecular formula is C15H22O3. The molecule has 0 bridgehead atoms. The summed E-state index contributed by atoms with van der Waals surface area (Å²) < 4.78 is 10.9. The molecule has 0 unspecified atom stereocenters. The van der Waals surface area contributed by atoms with Crippen LogP contribution in [-0.2, 0) is 11.0 Å². The van der Waals surface area contributed by atoms with E-state index in [4.69, 9.17) is 9.47 Å². The standard InChI is InChI=1S/C15H22O3/c1-14(2,3)11-8-10(17-4)9-12(13(11)18-5)15(16)6-7-15/h8-9,16H,6-7H2,1-5H3. The van der Waals surface area contributed by atoms with Crippen LogP contribution in [0.25, 0.3) is 0 Å². The topological polar surface area (TPSA) is 38.7 Å². The van der Waals surface area contributed by atoms with Crippen LogP contribution in [-0.4, -0.2) is 19.3 Å². The second kappa shape index (κ2) is 4.16. The maximum Gasteiger partial charge on any atom is 0.128 e. The summed E-state index contributed by atoms with van der Waals surface area (Å²) in [5.74, 6) is 1.57. The highest BCUT2D eigenvalue weighted by atomic mass is 16.5. The number of benzene rings is 1. The molecule has 3 nitrogen and oxygen atoms in total. The lowest BCUT2D eigenvalue weighted by Crippen LogP contribution is -2.17. The zero-order chi connectivity index (χ0) is 13.6. The summed E-state index contributed by atoms with van der Waals surface area (Å²) >= 11 is 0. The lowest BCUT2D eigenvalue weighted by Gasteiger charge is -2.26. The fraction of sp³-hybridized carbons (Fsp3) is 0.600. The minimum Gasteiger partial charge on any atom is -0.497 e. The summed E-state index contributed by atoms with van der Waals surface area (Å²) in [6.07, 6.45) is 1.58. The van der Waals surface area contributed by atoms with Crippen LogP contribution >= 0.6 is 0 Å². The molecule has 0 heterocycles. The molecule has 0 aromatic heterocycles. The van der Waals surface area contributed by atoms with E-state index in [1.807, 2.05) is 12.1 Å². The fourth-order valence-electron chi connectivity index (χ4n) is 2.23. The third kappa shape index (κ3) is 2.19. The summed E-state index contributed by atoms with van der Waals surface area (Å²) in [4.78, 5) is 0. The predicted octanol–water partition coefficient (Wildman–Crippen LogP) is 2.98. The molecule has 0 saturated heterocycles. The number of hydrogen-bond donors (Lipinski definition) is 1. The molecule has 0 aliphatic heterocycles. The Morgan fingerprint density at radius 1 is 1.11 bits per heavy atom. The molecule has 0 atom stereocenters. The maximum atomic E-state index is 10.4. The van der Waals surface area contributed by atoms with Crippen LogP contribution in [0.15, 0.2) is 12.1 Å². The second-order valence-electron chi connectivity index (χ2n) is 6.04. The van der Waals surface area contributed by atoms with Crippen LogP contribution < -0.4 is 9.47 Å². The van der Waals surface area contributed by atoms with Gasteiger partial charge in [-0.15, -0.1) is 0 Å². The van der Waals surface area contributed by atoms with Crippen LogP contribution in [0.2, 0.25) is 0 Å². The van der Waals surface area contributed by atoms with Gasteiger partial charge in [-0.1, -0.05) is 20.8 Å². The minimum absolute atomic E-state index is 0.0557. The van der Waals surface area contributed by atoms with Crippen molar-refractivity contribution < 1.29 is 14.6 Å². The van der Waals surface area contributed by atoms with Crippen molar-refractivity contribution in [3.05, 3.63) is 23.3 Å². The number of hydrogen-bond acceptors (Lipinski definition) is 3. The Hall–Kier alpha value is -1.22. The van der Waals surface area contributed by atoms with Crippen molar-refractivity contribution in [3.63, 3.8) is 0 Å². The van der Waals surface area contributed by atoms with Gasteiger partial charge in [-0.25, -0.2) is 0 Å². The molecule has 1 aromatic carbocycles. The first-order valence-electron chi connectivity index (χ1n) is 6.31. The van der Waals surface area contributed by atoms with Gasteiger partial charge in [0.1, 0.15) is 11.5 Å². The van der Waals surface area contributed by atoms with Crippen LogP contribution in [0.3, 0.4) is 0 Å². The van der Waals surface area contributed by atoms with Crippen molar-refractivity contribution in [1.29, 1.82) is 0 Å². The van der Waals surface area contributed by atoms with E-state index in [-0.39, 0.29) is 5.41 Å². The molecule has 1 saturated carbocycles. The van der Waals surface area contributed by atoms with Gasteiger partial charge >= 0.3 is 0 Å². The first-order chi connectivity index (χ1) is 8.31. The molecule has 1 N–H and O–H groups in total. The fourth-order valence-corrected chi connectivity index (χ4v) is 2.23. The van der Waals surface area contributed by atoms with Gasteiger partial charge in [0, 0.05) is 11.1 Å². The van der Waals surface area contributed by atoms with E-state index >= 15 is 0 Å². The van der Waals surface area contributed by atoms with Gasteiger partial charge in [0.15, 0.2) is 0 Å². The number of rotatable bonds is 3. The van der Waals surface area contributed by atoms with E-state index in [1.165, 1.54) is 0 Å². The zero-order valence-corrected chi connectivity index (χ0v) is 11.8. The van der Waals surface area contributed by atoms with E-state index in [2.05, 4.69) is 20.8 Å². The predicted molar refractivity (Wildman–Crippen MR) is 71.4 cm³/mol. The maximum absolute atomic E-state index is 10.4. The SMILES string of the molecule is COc1cc(C(C)(C)C)c(OC)c(C2(O)CC2)c1. The Morgan fingerprint density at radius 2 is 1.72 bits per heavy atom. The highest BCUT2D eigenvalue weighted by Gasteiger charge is 2.45. The zero-order valence-electron chi connectivity index (χ0n) is 11.8. The Kier molecular flexibility index (Phi) is 3.06. The third-order valence-electron chi connectivity index (χ3n) is 3.54. The molecule has 0 spiro atoms. The van der Waals surface area contributed by atoms with Gasteiger partial charge in [-0.2, -0.15) is 0 Å². The van der Waals surface area contributed by atoms with E-state index in [0.29, 0.717) is 0 Å². The molecule has 100 valence electrons. The third-order valence-corrected chi connectivity index (χ3v) is 3.54. The van der Waals surface area contributed by atoms with Gasteiger partial charge in [0.25, 0.3) is 0 Å². The Morgan fingerprint density at radius 3 is 2.11 bits per heavy atom.